The summed E-state index contributed by atoms with van der Waals surface area (Å²) in [5.41, 5.74) is 13.8. The molecule has 3 nitrogen and oxygen atoms in total. The van der Waals surface area contributed by atoms with E-state index >= 15 is 0 Å². The van der Waals surface area contributed by atoms with E-state index in [1.54, 1.807) is 0 Å². The van der Waals surface area contributed by atoms with E-state index < -0.39 is 5.41 Å². The van der Waals surface area contributed by atoms with E-state index in [0.717, 1.165) is 50.9 Å². The molecule has 0 fully saturated rings. The number of furan rings is 1. The zero-order chi connectivity index (χ0) is 40.8. The van der Waals surface area contributed by atoms with Gasteiger partial charge in [0.15, 0.2) is 11.5 Å². The Morgan fingerprint density at radius 3 is 1.42 bits per heavy atom. The number of nitrogens with zero attached hydrogens (tertiary/aromatic N) is 1. The second kappa shape index (κ2) is 13.4. The van der Waals surface area contributed by atoms with Gasteiger partial charge < -0.3 is 14.1 Å². The summed E-state index contributed by atoms with van der Waals surface area (Å²) in [5.74, 6) is 2.39. The van der Waals surface area contributed by atoms with E-state index in [4.69, 9.17) is 9.15 Å². The molecule has 0 saturated heterocycles. The quantitative estimate of drug-likeness (QED) is 0.174. The van der Waals surface area contributed by atoms with Gasteiger partial charge >= 0.3 is 0 Å². The highest BCUT2D eigenvalue weighted by molar-refractivity contribution is 5.99. The molecule has 10 aromatic carbocycles. The maximum Gasteiger partial charge on any atom is 0.178 e. The maximum absolute atomic E-state index is 7.13. The minimum atomic E-state index is -0.710. The van der Waals surface area contributed by atoms with Crippen molar-refractivity contribution >= 4 is 49.6 Å². The van der Waals surface area contributed by atoms with Gasteiger partial charge in [-0.2, -0.15) is 0 Å². The Hall–Kier alpha value is -8.14. The van der Waals surface area contributed by atoms with Crippen molar-refractivity contribution in [1.82, 2.24) is 0 Å². The molecule has 0 unspecified atom stereocenters. The first-order valence-corrected chi connectivity index (χ1v) is 21.2. The number of benzene rings is 10. The van der Waals surface area contributed by atoms with Crippen LogP contribution in [0.15, 0.2) is 229 Å². The van der Waals surface area contributed by atoms with Crippen LogP contribution in [0.3, 0.4) is 0 Å². The maximum atomic E-state index is 7.13. The number of hydrogen-bond donors (Lipinski definition) is 0. The highest BCUT2D eigenvalue weighted by Gasteiger charge is 2.54. The molecule has 11 aromatic rings. The first kappa shape index (κ1) is 34.7. The third-order valence-electron chi connectivity index (χ3n) is 13.1. The molecule has 290 valence electrons. The van der Waals surface area contributed by atoms with Crippen molar-refractivity contribution in [3.05, 3.63) is 247 Å². The molecule has 13 rings (SSSR count). The Morgan fingerprint density at radius 2 is 0.823 bits per heavy atom. The van der Waals surface area contributed by atoms with Crippen molar-refractivity contribution in [3.63, 3.8) is 0 Å². The molecular formula is C59H37NO2. The number of anilines is 3. The molecule has 1 aliphatic heterocycles. The van der Waals surface area contributed by atoms with E-state index in [1.165, 1.54) is 66.1 Å². The molecule has 0 saturated carbocycles. The van der Waals surface area contributed by atoms with Gasteiger partial charge in [0.25, 0.3) is 0 Å². The molecule has 0 bridgehead atoms. The second-order valence-corrected chi connectivity index (χ2v) is 16.4. The zero-order valence-corrected chi connectivity index (χ0v) is 33.6. The smallest absolute Gasteiger partial charge is 0.178 e. The molecule has 0 radical (unpaired) electrons. The number of hydrogen-bond acceptors (Lipinski definition) is 3. The van der Waals surface area contributed by atoms with Gasteiger partial charge in [-0.25, -0.2) is 0 Å². The highest BCUT2D eigenvalue weighted by Crippen LogP contribution is 2.64. The number of rotatable bonds is 5. The lowest BCUT2D eigenvalue weighted by atomic mass is 9.69. The SMILES string of the molecule is c1ccc2c(c1)-c1ccccc1C21c2ccc(N(c3ccc(-c4cccc5ccccc45)cc3)c3ccc(-c4cccc5ccccc45)cc3)cc2Oc2c1oc1ccccc21. The summed E-state index contributed by atoms with van der Waals surface area (Å²) < 4.78 is 14.1. The molecule has 0 atom stereocenters. The van der Waals surface area contributed by atoms with Crippen molar-refractivity contribution in [2.24, 2.45) is 0 Å². The van der Waals surface area contributed by atoms with E-state index in [2.05, 4.69) is 217 Å². The summed E-state index contributed by atoms with van der Waals surface area (Å²) in [6.07, 6.45) is 0. The van der Waals surface area contributed by atoms with Crippen LogP contribution in [0.25, 0.3) is 65.9 Å². The van der Waals surface area contributed by atoms with Gasteiger partial charge in [-0.3, -0.25) is 0 Å². The Balaban J connectivity index is 1.00. The first-order chi connectivity index (χ1) is 30.7. The van der Waals surface area contributed by atoms with Crippen LogP contribution >= 0.6 is 0 Å². The van der Waals surface area contributed by atoms with Crippen LogP contribution in [0.5, 0.6) is 11.5 Å². The molecule has 1 spiro atoms. The lowest BCUT2D eigenvalue weighted by molar-refractivity contribution is 0.389. The minimum Gasteiger partial charge on any atom is -0.455 e. The Morgan fingerprint density at radius 1 is 0.355 bits per heavy atom. The van der Waals surface area contributed by atoms with Crippen molar-refractivity contribution in [1.29, 1.82) is 0 Å². The van der Waals surface area contributed by atoms with Crippen LogP contribution in [-0.4, -0.2) is 0 Å². The first-order valence-electron chi connectivity index (χ1n) is 21.2. The van der Waals surface area contributed by atoms with E-state index in [9.17, 15) is 0 Å². The van der Waals surface area contributed by atoms with Gasteiger partial charge in [-0.1, -0.05) is 176 Å². The summed E-state index contributed by atoms with van der Waals surface area (Å²) in [4.78, 5) is 2.34. The zero-order valence-electron chi connectivity index (χ0n) is 33.6. The molecule has 0 amide bonds. The lowest BCUT2D eigenvalue weighted by Crippen LogP contribution is -2.31. The van der Waals surface area contributed by atoms with Crippen LogP contribution < -0.4 is 9.64 Å². The molecule has 3 heteroatoms. The normalized spacial score (nSPS) is 13.1. The average Bonchev–Trinajstić information content (AvgIpc) is 3.86. The minimum absolute atomic E-state index is 0.710. The lowest BCUT2D eigenvalue weighted by Gasteiger charge is -2.37. The molecule has 2 heterocycles. The van der Waals surface area contributed by atoms with Crippen molar-refractivity contribution in [2.45, 2.75) is 5.41 Å². The van der Waals surface area contributed by atoms with Crippen LogP contribution in [-0.2, 0) is 5.41 Å². The summed E-state index contributed by atoms with van der Waals surface area (Å²) >= 11 is 0. The number of para-hydroxylation sites is 1. The molecule has 62 heavy (non-hydrogen) atoms. The summed E-state index contributed by atoms with van der Waals surface area (Å²) in [7, 11) is 0. The summed E-state index contributed by atoms with van der Waals surface area (Å²) in [6.45, 7) is 0. The Kier molecular flexibility index (Phi) is 7.52. The van der Waals surface area contributed by atoms with Gasteiger partial charge in [0, 0.05) is 28.7 Å². The highest BCUT2D eigenvalue weighted by atomic mass is 16.5. The molecule has 1 aliphatic carbocycles. The standard InChI is InChI=1S/C59H37NO2/c1-3-17-45-38(13-1)15-11-22-47(45)40-27-31-42(32-28-40)60(43-33-29-41(30-34-43)48-23-12-16-39-14-2-4-18-46(39)48)44-35-36-54-56(37-44)61-57-51-21-7-10-26-55(51)62-58(57)59(54)52-24-8-5-19-49(52)50-20-6-9-25-53(50)59/h1-37H. The molecule has 2 aliphatic rings. The van der Waals surface area contributed by atoms with Crippen molar-refractivity contribution < 1.29 is 9.15 Å². The number of ether oxygens (including phenoxy) is 1. The predicted octanol–water partition coefficient (Wildman–Crippen LogP) is 16.0. The largest absolute Gasteiger partial charge is 0.455 e. The van der Waals surface area contributed by atoms with Crippen LogP contribution in [0.2, 0.25) is 0 Å². The van der Waals surface area contributed by atoms with Crippen molar-refractivity contribution in [3.8, 4) is 44.9 Å². The van der Waals surface area contributed by atoms with Crippen LogP contribution in [0.1, 0.15) is 22.5 Å². The topological polar surface area (TPSA) is 25.6 Å². The second-order valence-electron chi connectivity index (χ2n) is 16.4. The van der Waals surface area contributed by atoms with Gasteiger partial charge in [0.05, 0.1) is 5.39 Å². The fraction of sp³-hybridized carbons (Fsp3) is 0.0169. The van der Waals surface area contributed by atoms with E-state index in [0.29, 0.717) is 0 Å². The average molecular weight is 792 g/mol. The Bertz CT molecular complexity index is 3380. The summed E-state index contributed by atoms with van der Waals surface area (Å²) in [6, 6.07) is 80.7. The fourth-order valence-corrected chi connectivity index (χ4v) is 10.4. The van der Waals surface area contributed by atoms with E-state index in [-0.39, 0.29) is 0 Å². The third-order valence-corrected chi connectivity index (χ3v) is 13.1. The van der Waals surface area contributed by atoms with E-state index in [1.807, 2.05) is 12.1 Å². The van der Waals surface area contributed by atoms with Crippen molar-refractivity contribution in [2.75, 3.05) is 4.90 Å². The van der Waals surface area contributed by atoms with Gasteiger partial charge in [0.2, 0.25) is 0 Å². The number of fused-ring (bicyclic) bond motifs is 13. The molecular weight excluding hydrogens is 755 g/mol. The van der Waals surface area contributed by atoms with Gasteiger partial charge in [-0.05, 0) is 109 Å². The predicted molar refractivity (Wildman–Crippen MR) is 254 cm³/mol. The fourth-order valence-electron chi connectivity index (χ4n) is 10.4. The summed E-state index contributed by atoms with van der Waals surface area (Å²) in [5, 5.41) is 5.91. The van der Waals surface area contributed by atoms with Crippen LogP contribution in [0, 0.1) is 0 Å². The van der Waals surface area contributed by atoms with Crippen LogP contribution in [0.4, 0.5) is 17.1 Å². The van der Waals surface area contributed by atoms with Gasteiger partial charge in [-0.15, -0.1) is 0 Å². The monoisotopic (exact) mass is 791 g/mol. The van der Waals surface area contributed by atoms with Gasteiger partial charge in [0.1, 0.15) is 16.7 Å². The third kappa shape index (κ3) is 5.00. The molecule has 0 N–H and O–H groups in total. The Labute approximate surface area is 359 Å². The molecule has 1 aromatic heterocycles.